The van der Waals surface area contributed by atoms with Crippen LogP contribution in [-0.4, -0.2) is 29.2 Å². The number of methoxy groups -OCH3 is 2. The smallest absolute Gasteiger partial charge is 0.319 e. The predicted molar refractivity (Wildman–Crippen MR) is 63.1 cm³/mol. The second-order valence-corrected chi connectivity index (χ2v) is 3.57. The summed E-state index contributed by atoms with van der Waals surface area (Å²) in [5, 5.41) is 0. The molecule has 0 radical (unpaired) electrons. The van der Waals surface area contributed by atoms with E-state index in [0.717, 1.165) is 0 Å². The van der Waals surface area contributed by atoms with Crippen LogP contribution in [0.15, 0.2) is 18.3 Å². The molecule has 0 aliphatic carbocycles. The lowest BCUT2D eigenvalue weighted by Crippen LogP contribution is -1.99. The van der Waals surface area contributed by atoms with Gasteiger partial charge in [-0.25, -0.2) is 9.97 Å². The van der Waals surface area contributed by atoms with E-state index in [1.54, 1.807) is 19.1 Å². The van der Waals surface area contributed by atoms with Gasteiger partial charge in [0.1, 0.15) is 0 Å². The summed E-state index contributed by atoms with van der Waals surface area (Å²) in [6.45, 7) is 1.72. The third-order valence-electron chi connectivity index (χ3n) is 2.39. The monoisotopic (exact) mass is 249 g/mol. The molecule has 0 saturated carbocycles. The molecule has 6 heteroatoms. The van der Waals surface area contributed by atoms with Gasteiger partial charge < -0.3 is 9.47 Å². The van der Waals surface area contributed by atoms with Crippen molar-refractivity contribution in [1.29, 1.82) is 0 Å². The molecule has 18 heavy (non-hydrogen) atoms. The van der Waals surface area contributed by atoms with E-state index in [2.05, 4.69) is 15.0 Å². The average Bonchev–Trinajstić information content (AvgIpc) is 2.38. The number of aryl methyl sites for hydroxylation is 1. The molecule has 2 aromatic rings. The zero-order valence-corrected chi connectivity index (χ0v) is 10.3. The number of hydrogen-bond acceptors (Lipinski definition) is 5. The zero-order chi connectivity index (χ0) is 13.1. The normalized spacial score (nSPS) is 10.2. The van der Waals surface area contributed by atoms with E-state index in [1.807, 2.05) is 0 Å². The van der Waals surface area contributed by atoms with Crippen molar-refractivity contribution in [2.45, 2.75) is 6.92 Å². The molecule has 2 rings (SSSR count). The Hall–Kier alpha value is -2.24. The Balaban J connectivity index is 2.56. The summed E-state index contributed by atoms with van der Waals surface area (Å²) in [5.74, 6) is -0.339. The molecule has 0 unspecified atom stereocenters. The number of hydrogen-bond donors (Lipinski definition) is 0. The molecule has 94 valence electrons. The van der Waals surface area contributed by atoms with Crippen molar-refractivity contribution < 1.29 is 13.9 Å². The largest absolute Gasteiger partial charge is 0.480 e. The van der Waals surface area contributed by atoms with E-state index in [1.165, 1.54) is 20.4 Å². The topological polar surface area (TPSA) is 57.1 Å². The number of halogens is 1. The second-order valence-electron chi connectivity index (χ2n) is 3.57. The van der Waals surface area contributed by atoms with Gasteiger partial charge in [-0.1, -0.05) is 0 Å². The molecular weight excluding hydrogens is 237 g/mol. The van der Waals surface area contributed by atoms with E-state index in [-0.39, 0.29) is 11.9 Å². The molecule has 0 saturated heterocycles. The Morgan fingerprint density at radius 1 is 1.06 bits per heavy atom. The molecule has 0 spiro atoms. The van der Waals surface area contributed by atoms with Crippen LogP contribution in [0.4, 0.5) is 4.39 Å². The fourth-order valence-electron chi connectivity index (χ4n) is 1.52. The Morgan fingerprint density at radius 2 is 1.83 bits per heavy atom. The zero-order valence-electron chi connectivity index (χ0n) is 10.3. The molecule has 2 aromatic heterocycles. The third kappa shape index (κ3) is 2.22. The third-order valence-corrected chi connectivity index (χ3v) is 2.39. The van der Waals surface area contributed by atoms with Gasteiger partial charge in [0, 0.05) is 17.5 Å². The summed E-state index contributed by atoms with van der Waals surface area (Å²) in [5.41, 5.74) is 1.33. The minimum atomic E-state index is -0.581. The summed E-state index contributed by atoms with van der Waals surface area (Å²) in [7, 11) is 2.90. The van der Waals surface area contributed by atoms with E-state index >= 15 is 0 Å². The van der Waals surface area contributed by atoms with Crippen molar-refractivity contribution in [1.82, 2.24) is 15.0 Å². The fourth-order valence-corrected chi connectivity index (χ4v) is 1.52. The standard InChI is InChI=1S/C12H12FN3O2/c1-7-4-5-8(10(13)15-7)9-6-14-12(18-3)16-11(9)17-2/h4-6H,1-3H3. The molecule has 2 heterocycles. The van der Waals surface area contributed by atoms with Gasteiger partial charge in [-0.2, -0.15) is 9.37 Å². The number of ether oxygens (including phenoxy) is 2. The summed E-state index contributed by atoms with van der Waals surface area (Å²) >= 11 is 0. The molecule has 0 aromatic carbocycles. The van der Waals surface area contributed by atoms with E-state index in [9.17, 15) is 4.39 Å². The number of rotatable bonds is 3. The van der Waals surface area contributed by atoms with Crippen molar-refractivity contribution in [2.24, 2.45) is 0 Å². The van der Waals surface area contributed by atoms with Gasteiger partial charge in [0.25, 0.3) is 0 Å². The van der Waals surface area contributed by atoms with Crippen molar-refractivity contribution in [3.05, 3.63) is 30.0 Å². The van der Waals surface area contributed by atoms with Crippen LogP contribution in [-0.2, 0) is 0 Å². The first-order chi connectivity index (χ1) is 8.65. The first kappa shape index (κ1) is 12.2. The summed E-state index contributed by atoms with van der Waals surface area (Å²) in [6.07, 6.45) is 1.44. The van der Waals surface area contributed by atoms with Crippen molar-refractivity contribution in [2.75, 3.05) is 14.2 Å². The van der Waals surface area contributed by atoms with Gasteiger partial charge in [0.15, 0.2) is 0 Å². The molecule has 0 fully saturated rings. The number of aromatic nitrogens is 3. The highest BCUT2D eigenvalue weighted by molar-refractivity contribution is 5.67. The Bertz CT molecular complexity index is 575. The highest BCUT2D eigenvalue weighted by Gasteiger charge is 2.14. The second kappa shape index (κ2) is 4.95. The molecule has 0 bridgehead atoms. The van der Waals surface area contributed by atoms with Crippen LogP contribution in [0.25, 0.3) is 11.1 Å². The maximum atomic E-state index is 13.8. The van der Waals surface area contributed by atoms with Crippen LogP contribution >= 0.6 is 0 Å². The van der Waals surface area contributed by atoms with Gasteiger partial charge in [-0.15, -0.1) is 0 Å². The van der Waals surface area contributed by atoms with Crippen molar-refractivity contribution in [3.8, 4) is 23.0 Å². The molecular formula is C12H12FN3O2. The first-order valence-corrected chi connectivity index (χ1v) is 5.24. The summed E-state index contributed by atoms with van der Waals surface area (Å²) in [6, 6.07) is 3.49. The van der Waals surface area contributed by atoms with Crippen LogP contribution in [0.5, 0.6) is 11.9 Å². The average molecular weight is 249 g/mol. The first-order valence-electron chi connectivity index (χ1n) is 5.24. The van der Waals surface area contributed by atoms with E-state index in [4.69, 9.17) is 9.47 Å². The van der Waals surface area contributed by atoms with E-state index < -0.39 is 5.95 Å². The lowest BCUT2D eigenvalue weighted by Gasteiger charge is -2.08. The Morgan fingerprint density at radius 3 is 2.44 bits per heavy atom. The van der Waals surface area contributed by atoms with Gasteiger partial charge in [0.2, 0.25) is 11.8 Å². The SMILES string of the molecule is COc1ncc(-c2ccc(C)nc2F)c(OC)n1. The highest BCUT2D eigenvalue weighted by atomic mass is 19.1. The molecule has 0 aliphatic rings. The molecule has 0 atom stereocenters. The van der Waals surface area contributed by atoms with Crippen molar-refractivity contribution in [3.63, 3.8) is 0 Å². The quantitative estimate of drug-likeness (QED) is 0.779. The number of pyridine rings is 1. The van der Waals surface area contributed by atoms with Gasteiger partial charge in [-0.3, -0.25) is 0 Å². The van der Waals surface area contributed by atoms with Crippen LogP contribution in [0.3, 0.4) is 0 Å². The fraction of sp³-hybridized carbons (Fsp3) is 0.250. The Kier molecular flexibility index (Phi) is 3.36. The minimum absolute atomic E-state index is 0.163. The molecule has 0 aliphatic heterocycles. The van der Waals surface area contributed by atoms with Crippen LogP contribution in [0, 0.1) is 12.9 Å². The Labute approximate surface area is 104 Å². The molecule has 0 N–H and O–H groups in total. The molecule has 5 nitrogen and oxygen atoms in total. The number of nitrogens with zero attached hydrogens (tertiary/aromatic N) is 3. The van der Waals surface area contributed by atoms with Gasteiger partial charge >= 0.3 is 6.01 Å². The summed E-state index contributed by atoms with van der Waals surface area (Å²) in [4.78, 5) is 11.7. The van der Waals surface area contributed by atoms with Crippen LogP contribution < -0.4 is 9.47 Å². The van der Waals surface area contributed by atoms with Gasteiger partial charge in [0.05, 0.1) is 19.8 Å². The maximum Gasteiger partial charge on any atom is 0.319 e. The van der Waals surface area contributed by atoms with E-state index in [0.29, 0.717) is 16.8 Å². The van der Waals surface area contributed by atoms with Crippen LogP contribution in [0.2, 0.25) is 0 Å². The highest BCUT2D eigenvalue weighted by Crippen LogP contribution is 2.30. The lowest BCUT2D eigenvalue weighted by atomic mass is 10.1. The molecule has 0 amide bonds. The summed E-state index contributed by atoms with van der Waals surface area (Å²) < 4.78 is 23.8. The maximum absolute atomic E-state index is 13.8. The van der Waals surface area contributed by atoms with Crippen LogP contribution in [0.1, 0.15) is 5.69 Å². The van der Waals surface area contributed by atoms with Gasteiger partial charge in [-0.05, 0) is 19.1 Å². The minimum Gasteiger partial charge on any atom is -0.480 e. The lowest BCUT2D eigenvalue weighted by molar-refractivity contribution is 0.353. The van der Waals surface area contributed by atoms with Crippen molar-refractivity contribution >= 4 is 0 Å². The predicted octanol–water partition coefficient (Wildman–Crippen LogP) is 2.00.